The molecule has 0 radical (unpaired) electrons. The van der Waals surface area contributed by atoms with Crippen LogP contribution in [0.3, 0.4) is 0 Å². The molecule has 3 aromatic rings. The number of hydrogen-bond donors (Lipinski definition) is 1. The van der Waals surface area contributed by atoms with Crippen molar-refractivity contribution in [3.8, 4) is 0 Å². The van der Waals surface area contributed by atoms with Crippen LogP contribution < -0.4 is 4.90 Å². The SMILES string of the molecule is Cc1ccc2cc(CN(CCCN3CCCC3=O)C(=O)c3ccccc3F)c(N3CCCC(O)C3)nc2c1. The Labute approximate surface area is 222 Å². The van der Waals surface area contributed by atoms with Gasteiger partial charge in [-0.15, -0.1) is 0 Å². The molecular weight excluding hydrogens is 483 g/mol. The molecule has 0 aliphatic carbocycles. The standard InChI is InChI=1S/C30H35FN4O3/c1-21-11-12-22-18-23(29(32-27(22)17-21)34-14-4-7-24(36)20-34)19-35(16-6-15-33-13-5-10-28(33)37)30(38)25-8-2-3-9-26(25)31/h2-3,8-9,11-12,17-18,24,36H,4-7,10,13-16,19-20H2,1H3. The fraction of sp³-hybridized carbons (Fsp3) is 0.433. The van der Waals surface area contributed by atoms with Crippen molar-refractivity contribution < 1.29 is 19.1 Å². The lowest BCUT2D eigenvalue weighted by Gasteiger charge is -2.34. The molecule has 1 unspecified atom stereocenters. The smallest absolute Gasteiger partial charge is 0.257 e. The van der Waals surface area contributed by atoms with Gasteiger partial charge in [0.1, 0.15) is 11.6 Å². The predicted octanol–water partition coefficient (Wildman–Crippen LogP) is 4.30. The van der Waals surface area contributed by atoms with E-state index in [1.54, 1.807) is 17.0 Å². The van der Waals surface area contributed by atoms with E-state index in [4.69, 9.17) is 4.98 Å². The van der Waals surface area contributed by atoms with Crippen molar-refractivity contribution >= 4 is 28.5 Å². The Morgan fingerprint density at radius 3 is 2.76 bits per heavy atom. The van der Waals surface area contributed by atoms with Gasteiger partial charge >= 0.3 is 0 Å². The molecule has 2 amide bonds. The first kappa shape index (κ1) is 26.1. The molecular formula is C30H35FN4O3. The Bertz CT molecular complexity index is 1330. The minimum Gasteiger partial charge on any atom is -0.391 e. The molecule has 3 heterocycles. The lowest BCUT2D eigenvalue weighted by atomic mass is 10.0. The van der Waals surface area contributed by atoms with Crippen LogP contribution in [0, 0.1) is 12.7 Å². The predicted molar refractivity (Wildman–Crippen MR) is 146 cm³/mol. The first-order valence-corrected chi connectivity index (χ1v) is 13.5. The molecule has 0 saturated carbocycles. The molecule has 1 aromatic heterocycles. The summed E-state index contributed by atoms with van der Waals surface area (Å²) in [7, 11) is 0. The maximum atomic E-state index is 14.7. The monoisotopic (exact) mass is 518 g/mol. The number of fused-ring (bicyclic) bond motifs is 1. The molecule has 38 heavy (non-hydrogen) atoms. The van der Waals surface area contributed by atoms with Crippen LogP contribution in [0.2, 0.25) is 0 Å². The zero-order valence-electron chi connectivity index (χ0n) is 21.9. The van der Waals surface area contributed by atoms with Gasteiger partial charge in [0, 0.05) is 56.6 Å². The van der Waals surface area contributed by atoms with Gasteiger partial charge in [-0.3, -0.25) is 9.59 Å². The second kappa shape index (κ2) is 11.5. The van der Waals surface area contributed by atoms with E-state index in [-0.39, 0.29) is 23.9 Å². The molecule has 2 aromatic carbocycles. The Kier molecular flexibility index (Phi) is 7.88. The third kappa shape index (κ3) is 5.80. The molecule has 0 bridgehead atoms. The van der Waals surface area contributed by atoms with Crippen LogP contribution in [0.15, 0.2) is 48.5 Å². The normalized spacial score (nSPS) is 17.9. The second-order valence-corrected chi connectivity index (χ2v) is 10.5. The van der Waals surface area contributed by atoms with Crippen LogP contribution in [0.5, 0.6) is 0 Å². The van der Waals surface area contributed by atoms with E-state index in [9.17, 15) is 19.1 Å². The third-order valence-electron chi connectivity index (χ3n) is 7.51. The Morgan fingerprint density at radius 2 is 2.00 bits per heavy atom. The number of rotatable bonds is 8. The second-order valence-electron chi connectivity index (χ2n) is 10.5. The summed E-state index contributed by atoms with van der Waals surface area (Å²) in [4.78, 5) is 36.3. The first-order chi connectivity index (χ1) is 18.4. The van der Waals surface area contributed by atoms with Gasteiger partial charge < -0.3 is 19.8 Å². The topological polar surface area (TPSA) is 77.0 Å². The number of aliphatic hydroxyl groups is 1. The van der Waals surface area contributed by atoms with Gasteiger partial charge in [-0.05, 0) is 62.4 Å². The summed E-state index contributed by atoms with van der Waals surface area (Å²) >= 11 is 0. The molecule has 8 heteroatoms. The van der Waals surface area contributed by atoms with Gasteiger partial charge in [-0.1, -0.05) is 24.3 Å². The van der Waals surface area contributed by atoms with E-state index in [0.717, 1.165) is 60.2 Å². The molecule has 2 fully saturated rings. The van der Waals surface area contributed by atoms with Crippen molar-refractivity contribution in [2.24, 2.45) is 0 Å². The molecule has 7 nitrogen and oxygen atoms in total. The summed E-state index contributed by atoms with van der Waals surface area (Å²) in [5, 5.41) is 11.3. The molecule has 2 aliphatic heterocycles. The van der Waals surface area contributed by atoms with Crippen LogP contribution in [-0.4, -0.2) is 70.5 Å². The largest absolute Gasteiger partial charge is 0.391 e. The van der Waals surface area contributed by atoms with Crippen LogP contribution >= 0.6 is 0 Å². The number of nitrogens with zero attached hydrogens (tertiary/aromatic N) is 4. The van der Waals surface area contributed by atoms with Crippen molar-refractivity contribution in [3.05, 3.63) is 71.0 Å². The summed E-state index contributed by atoms with van der Waals surface area (Å²) < 4.78 is 14.7. The van der Waals surface area contributed by atoms with E-state index in [1.807, 2.05) is 30.0 Å². The minimum atomic E-state index is -0.552. The summed E-state index contributed by atoms with van der Waals surface area (Å²) in [6.07, 6.45) is 3.22. The number of carbonyl (C=O) groups excluding carboxylic acids is 2. The number of halogens is 1. The van der Waals surface area contributed by atoms with Gasteiger partial charge in [0.25, 0.3) is 5.91 Å². The van der Waals surface area contributed by atoms with Crippen molar-refractivity contribution in [2.45, 2.75) is 51.7 Å². The zero-order valence-corrected chi connectivity index (χ0v) is 21.9. The van der Waals surface area contributed by atoms with E-state index in [2.05, 4.69) is 11.0 Å². The third-order valence-corrected chi connectivity index (χ3v) is 7.51. The van der Waals surface area contributed by atoms with E-state index in [0.29, 0.717) is 32.5 Å². The van der Waals surface area contributed by atoms with E-state index >= 15 is 0 Å². The highest BCUT2D eigenvalue weighted by molar-refractivity contribution is 5.94. The van der Waals surface area contributed by atoms with Gasteiger partial charge in [0.2, 0.25) is 5.91 Å². The first-order valence-electron chi connectivity index (χ1n) is 13.5. The number of amides is 2. The average molecular weight is 519 g/mol. The van der Waals surface area contributed by atoms with E-state index in [1.165, 1.54) is 12.1 Å². The quantitative estimate of drug-likeness (QED) is 0.481. The number of benzene rings is 2. The summed E-state index contributed by atoms with van der Waals surface area (Å²) in [6.45, 7) is 5.22. The van der Waals surface area contributed by atoms with Gasteiger partial charge in [0.05, 0.1) is 17.2 Å². The summed E-state index contributed by atoms with van der Waals surface area (Å²) in [5.41, 5.74) is 2.86. The maximum Gasteiger partial charge on any atom is 0.257 e. The van der Waals surface area contributed by atoms with Gasteiger partial charge in [-0.25, -0.2) is 9.37 Å². The van der Waals surface area contributed by atoms with Crippen molar-refractivity contribution in [1.29, 1.82) is 0 Å². The Hall–Kier alpha value is -3.52. The van der Waals surface area contributed by atoms with E-state index < -0.39 is 11.9 Å². The Balaban J connectivity index is 1.48. The highest BCUT2D eigenvalue weighted by Gasteiger charge is 2.26. The van der Waals surface area contributed by atoms with Gasteiger partial charge in [0.15, 0.2) is 0 Å². The fourth-order valence-electron chi connectivity index (χ4n) is 5.50. The van der Waals surface area contributed by atoms with Crippen LogP contribution in [0.25, 0.3) is 10.9 Å². The highest BCUT2D eigenvalue weighted by Crippen LogP contribution is 2.29. The molecule has 1 N–H and O–H groups in total. The number of aliphatic hydroxyl groups excluding tert-OH is 1. The number of piperidine rings is 1. The zero-order chi connectivity index (χ0) is 26.6. The number of likely N-dealkylation sites (tertiary alicyclic amines) is 1. The molecule has 1 atom stereocenters. The lowest BCUT2D eigenvalue weighted by molar-refractivity contribution is -0.127. The summed E-state index contributed by atoms with van der Waals surface area (Å²) in [6, 6.07) is 14.2. The molecule has 200 valence electrons. The van der Waals surface area contributed by atoms with Crippen LogP contribution in [0.1, 0.15) is 53.6 Å². The molecule has 2 aliphatic rings. The summed E-state index contributed by atoms with van der Waals surface area (Å²) in [5.74, 6) is -0.0342. The van der Waals surface area contributed by atoms with Gasteiger partial charge in [-0.2, -0.15) is 0 Å². The number of carbonyl (C=O) groups is 2. The molecule has 0 spiro atoms. The fourth-order valence-corrected chi connectivity index (χ4v) is 5.50. The van der Waals surface area contributed by atoms with Crippen LogP contribution in [-0.2, 0) is 11.3 Å². The Morgan fingerprint density at radius 1 is 1.16 bits per heavy atom. The minimum absolute atomic E-state index is 0.0315. The number of aryl methyl sites for hydroxylation is 1. The van der Waals surface area contributed by atoms with Crippen LogP contribution in [0.4, 0.5) is 10.2 Å². The number of pyridine rings is 1. The number of aromatic nitrogens is 1. The maximum absolute atomic E-state index is 14.7. The number of hydrogen-bond acceptors (Lipinski definition) is 5. The average Bonchev–Trinajstić information content (AvgIpc) is 3.32. The van der Waals surface area contributed by atoms with Crippen molar-refractivity contribution in [2.75, 3.05) is 37.6 Å². The molecule has 5 rings (SSSR count). The number of β-amino-alcohol motifs (C(OH)–C–C–N with tert-alkyl or cyclic N) is 1. The number of anilines is 1. The highest BCUT2D eigenvalue weighted by atomic mass is 19.1. The van der Waals surface area contributed by atoms with Crippen molar-refractivity contribution in [3.63, 3.8) is 0 Å². The van der Waals surface area contributed by atoms with Crippen molar-refractivity contribution in [1.82, 2.24) is 14.8 Å². The lowest BCUT2D eigenvalue weighted by Crippen LogP contribution is -2.40. The molecule has 2 saturated heterocycles.